The van der Waals surface area contributed by atoms with Gasteiger partial charge in [-0.15, -0.1) is 0 Å². The molecule has 1 aliphatic carbocycles. The highest BCUT2D eigenvalue weighted by Crippen LogP contribution is 2.32. The molecule has 2 aromatic rings. The Morgan fingerprint density at radius 2 is 1.74 bits per heavy atom. The first-order chi connectivity index (χ1) is 15.2. The first-order valence-corrected chi connectivity index (χ1v) is 12.1. The van der Waals surface area contributed by atoms with Crippen molar-refractivity contribution in [2.75, 3.05) is 17.9 Å². The van der Waals surface area contributed by atoms with Crippen LogP contribution in [0.5, 0.6) is 0 Å². The third-order valence-corrected chi connectivity index (χ3v) is 6.97. The third-order valence-electron chi connectivity index (χ3n) is 6.14. The maximum absolute atomic E-state index is 12.4. The summed E-state index contributed by atoms with van der Waals surface area (Å²) in [5, 5.41) is 11.6. The second kappa shape index (κ2) is 10.8. The van der Waals surface area contributed by atoms with E-state index in [-0.39, 0.29) is 12.0 Å². The topological polar surface area (TPSA) is 74.2 Å². The molecule has 2 aliphatic rings. The Bertz CT molecular complexity index is 888. The smallest absolute Gasteiger partial charge is 0.251 e. The summed E-state index contributed by atoms with van der Waals surface area (Å²) >= 11 is 1.51. The molecule has 0 spiro atoms. The fourth-order valence-corrected chi connectivity index (χ4v) is 4.98. The standard InChI is InChI=1S/C25H31N3O2S/c26-24(18-7-1-2-8-18)22-10-3-4-11-23(22)28-31-21-14-12-19(13-15-21)25(29)27-17-20-9-5-6-16-30-20/h3-4,10-15,18,20,26,28H,1-2,5-9,16-17H2,(H,27,29). The molecule has 6 heteroatoms. The van der Waals surface area contributed by atoms with Crippen molar-refractivity contribution in [1.29, 1.82) is 5.41 Å². The molecule has 1 heterocycles. The summed E-state index contributed by atoms with van der Waals surface area (Å²) < 4.78 is 9.08. The lowest BCUT2D eigenvalue weighted by Crippen LogP contribution is -2.35. The molecule has 31 heavy (non-hydrogen) atoms. The molecule has 1 amide bonds. The molecule has 1 saturated heterocycles. The number of rotatable bonds is 8. The zero-order chi connectivity index (χ0) is 21.5. The summed E-state index contributed by atoms with van der Waals surface area (Å²) in [7, 11) is 0. The van der Waals surface area contributed by atoms with Gasteiger partial charge in [0.2, 0.25) is 0 Å². The molecule has 2 fully saturated rings. The van der Waals surface area contributed by atoms with E-state index >= 15 is 0 Å². The summed E-state index contributed by atoms with van der Waals surface area (Å²) in [5.74, 6) is 0.318. The Labute approximate surface area is 189 Å². The van der Waals surface area contributed by atoms with Gasteiger partial charge in [-0.25, -0.2) is 0 Å². The molecule has 1 saturated carbocycles. The maximum atomic E-state index is 12.4. The molecule has 4 rings (SSSR count). The third kappa shape index (κ3) is 5.89. The van der Waals surface area contributed by atoms with Crippen LogP contribution in [0.15, 0.2) is 53.4 Å². The minimum absolute atomic E-state index is 0.0611. The molecule has 0 radical (unpaired) electrons. The van der Waals surface area contributed by atoms with E-state index in [2.05, 4.69) is 10.0 Å². The highest BCUT2D eigenvalue weighted by atomic mass is 32.2. The van der Waals surface area contributed by atoms with Crippen molar-refractivity contribution in [2.24, 2.45) is 5.92 Å². The van der Waals surface area contributed by atoms with Gasteiger partial charge in [0, 0.05) is 40.8 Å². The van der Waals surface area contributed by atoms with Crippen LogP contribution in [-0.4, -0.2) is 30.9 Å². The Morgan fingerprint density at radius 3 is 2.48 bits per heavy atom. The highest BCUT2D eigenvalue weighted by Gasteiger charge is 2.22. The van der Waals surface area contributed by atoms with Crippen LogP contribution >= 0.6 is 11.9 Å². The van der Waals surface area contributed by atoms with Crippen molar-refractivity contribution >= 4 is 29.3 Å². The summed E-state index contributed by atoms with van der Waals surface area (Å²) in [6.45, 7) is 1.36. The lowest BCUT2D eigenvalue weighted by atomic mass is 9.94. The average molecular weight is 438 g/mol. The zero-order valence-corrected chi connectivity index (χ0v) is 18.7. The average Bonchev–Trinajstić information content (AvgIpc) is 3.37. The van der Waals surface area contributed by atoms with E-state index in [4.69, 9.17) is 10.1 Å². The van der Waals surface area contributed by atoms with Gasteiger partial charge in [-0.3, -0.25) is 4.79 Å². The number of nitrogens with one attached hydrogen (secondary N) is 3. The van der Waals surface area contributed by atoms with Gasteiger partial charge in [-0.05, 0) is 74.4 Å². The Kier molecular flexibility index (Phi) is 7.65. The van der Waals surface area contributed by atoms with Crippen LogP contribution in [0.25, 0.3) is 0 Å². The quantitative estimate of drug-likeness (QED) is 0.368. The van der Waals surface area contributed by atoms with E-state index in [0.29, 0.717) is 18.0 Å². The van der Waals surface area contributed by atoms with Gasteiger partial charge in [-0.1, -0.05) is 31.0 Å². The number of amides is 1. The van der Waals surface area contributed by atoms with Gasteiger partial charge < -0.3 is 20.2 Å². The van der Waals surface area contributed by atoms with Crippen LogP contribution in [0.2, 0.25) is 0 Å². The number of hydrogen-bond donors (Lipinski definition) is 3. The molecule has 0 aromatic heterocycles. The number of ether oxygens (including phenoxy) is 1. The van der Waals surface area contributed by atoms with E-state index in [9.17, 15) is 4.79 Å². The largest absolute Gasteiger partial charge is 0.376 e. The molecule has 3 N–H and O–H groups in total. The fraction of sp³-hybridized carbons (Fsp3) is 0.440. The summed E-state index contributed by atoms with van der Waals surface area (Å²) in [4.78, 5) is 13.4. The van der Waals surface area contributed by atoms with E-state index in [1.54, 1.807) is 0 Å². The maximum Gasteiger partial charge on any atom is 0.251 e. The predicted octanol–water partition coefficient (Wildman–Crippen LogP) is 5.66. The number of anilines is 1. The van der Waals surface area contributed by atoms with Crippen molar-refractivity contribution < 1.29 is 9.53 Å². The van der Waals surface area contributed by atoms with Crippen molar-refractivity contribution in [3.8, 4) is 0 Å². The van der Waals surface area contributed by atoms with Crippen LogP contribution in [0.4, 0.5) is 5.69 Å². The van der Waals surface area contributed by atoms with Gasteiger partial charge in [-0.2, -0.15) is 0 Å². The number of carbonyl (C=O) groups is 1. The van der Waals surface area contributed by atoms with E-state index in [0.717, 1.165) is 54.1 Å². The summed E-state index contributed by atoms with van der Waals surface area (Å²) in [5.41, 5.74) is 3.36. The number of carbonyl (C=O) groups excluding carboxylic acids is 1. The van der Waals surface area contributed by atoms with E-state index in [1.807, 2.05) is 48.5 Å². The van der Waals surface area contributed by atoms with Crippen LogP contribution < -0.4 is 10.0 Å². The minimum atomic E-state index is -0.0611. The molecule has 5 nitrogen and oxygen atoms in total. The predicted molar refractivity (Wildman–Crippen MR) is 127 cm³/mol. The van der Waals surface area contributed by atoms with Crippen LogP contribution in [0, 0.1) is 11.3 Å². The molecule has 0 bridgehead atoms. The molecular formula is C25H31N3O2S. The van der Waals surface area contributed by atoms with Crippen molar-refractivity contribution in [3.05, 3.63) is 59.7 Å². The second-order valence-electron chi connectivity index (χ2n) is 8.37. The van der Waals surface area contributed by atoms with Gasteiger partial charge >= 0.3 is 0 Å². The lowest BCUT2D eigenvalue weighted by Gasteiger charge is -2.22. The molecule has 1 aliphatic heterocycles. The van der Waals surface area contributed by atoms with Crippen molar-refractivity contribution in [3.63, 3.8) is 0 Å². The monoisotopic (exact) mass is 437 g/mol. The van der Waals surface area contributed by atoms with Gasteiger partial charge in [0.15, 0.2) is 0 Å². The minimum Gasteiger partial charge on any atom is -0.376 e. The molecular weight excluding hydrogens is 406 g/mol. The molecule has 1 unspecified atom stereocenters. The highest BCUT2D eigenvalue weighted by molar-refractivity contribution is 8.00. The van der Waals surface area contributed by atoms with Crippen LogP contribution in [0.1, 0.15) is 60.9 Å². The summed E-state index contributed by atoms with van der Waals surface area (Å²) in [6, 6.07) is 15.7. The molecule has 1 atom stereocenters. The van der Waals surface area contributed by atoms with Crippen LogP contribution in [0.3, 0.4) is 0 Å². The number of hydrogen-bond acceptors (Lipinski definition) is 5. The molecule has 2 aromatic carbocycles. The SMILES string of the molecule is N=C(c1ccccc1NSc1ccc(C(=O)NCC2CCCCO2)cc1)C1CCCC1. The van der Waals surface area contributed by atoms with Crippen molar-refractivity contribution in [2.45, 2.75) is 55.9 Å². The lowest BCUT2D eigenvalue weighted by molar-refractivity contribution is 0.0169. The normalized spacial score (nSPS) is 19.2. The van der Waals surface area contributed by atoms with Gasteiger partial charge in [0.05, 0.1) is 11.8 Å². The Morgan fingerprint density at radius 1 is 1.00 bits per heavy atom. The summed E-state index contributed by atoms with van der Waals surface area (Å²) in [6.07, 6.45) is 8.14. The second-order valence-corrected chi connectivity index (χ2v) is 9.25. The first-order valence-electron chi connectivity index (χ1n) is 11.3. The first kappa shape index (κ1) is 21.9. The van der Waals surface area contributed by atoms with E-state index in [1.165, 1.54) is 31.2 Å². The Balaban J connectivity index is 1.31. The number of para-hydroxylation sites is 1. The fourth-order valence-electron chi connectivity index (χ4n) is 4.31. The Hall–Kier alpha value is -2.31. The van der Waals surface area contributed by atoms with Crippen LogP contribution in [-0.2, 0) is 4.74 Å². The van der Waals surface area contributed by atoms with Crippen molar-refractivity contribution in [1.82, 2.24) is 5.32 Å². The van der Waals surface area contributed by atoms with Gasteiger partial charge in [0.1, 0.15) is 0 Å². The zero-order valence-electron chi connectivity index (χ0n) is 17.9. The number of benzene rings is 2. The van der Waals surface area contributed by atoms with E-state index < -0.39 is 0 Å². The molecule has 164 valence electrons. The van der Waals surface area contributed by atoms with Gasteiger partial charge in [0.25, 0.3) is 5.91 Å².